The number of benzene rings is 3. The number of anilines is 2. The fourth-order valence-corrected chi connectivity index (χ4v) is 4.24. The van der Waals surface area contributed by atoms with Gasteiger partial charge in [0.25, 0.3) is 11.8 Å². The minimum absolute atomic E-state index is 0.0578. The van der Waals surface area contributed by atoms with Gasteiger partial charge in [-0.05, 0) is 90.4 Å². The van der Waals surface area contributed by atoms with Crippen molar-refractivity contribution in [3.63, 3.8) is 0 Å². The highest BCUT2D eigenvalue weighted by Gasteiger charge is 2.16. The maximum atomic E-state index is 12.7. The minimum atomic E-state index is -0.510. The van der Waals surface area contributed by atoms with Crippen LogP contribution < -0.4 is 20.1 Å². The summed E-state index contributed by atoms with van der Waals surface area (Å²) in [5, 5.41) is 15.2. The molecular formula is C28H26IN3O4. The van der Waals surface area contributed by atoms with Gasteiger partial charge in [0.05, 0.1) is 10.7 Å². The summed E-state index contributed by atoms with van der Waals surface area (Å²) in [5.41, 5.74) is 4.86. The Labute approximate surface area is 224 Å². The van der Waals surface area contributed by atoms with Crippen LogP contribution in [0, 0.1) is 35.7 Å². The third-order valence-electron chi connectivity index (χ3n) is 5.32. The third-order valence-corrected chi connectivity index (χ3v) is 6.13. The number of nitrogens with one attached hydrogen (secondary N) is 2. The van der Waals surface area contributed by atoms with Crippen LogP contribution in [0.4, 0.5) is 11.4 Å². The highest BCUT2D eigenvalue weighted by atomic mass is 127. The molecule has 0 atom stereocenters. The van der Waals surface area contributed by atoms with Crippen molar-refractivity contribution in [2.45, 2.75) is 20.8 Å². The van der Waals surface area contributed by atoms with E-state index in [9.17, 15) is 14.9 Å². The molecule has 0 bridgehead atoms. The van der Waals surface area contributed by atoms with Crippen LogP contribution in [0.3, 0.4) is 0 Å². The van der Waals surface area contributed by atoms with E-state index in [4.69, 9.17) is 9.47 Å². The molecule has 0 fully saturated rings. The van der Waals surface area contributed by atoms with Gasteiger partial charge in [0, 0.05) is 11.4 Å². The Balaban J connectivity index is 1.75. The molecule has 3 aromatic rings. The summed E-state index contributed by atoms with van der Waals surface area (Å²) >= 11 is 2.06. The molecule has 3 rings (SSSR count). The number of hydrogen-bond donors (Lipinski definition) is 2. The molecule has 0 aliphatic heterocycles. The second kappa shape index (κ2) is 12.2. The largest absolute Gasteiger partial charge is 0.493 e. The molecule has 3 aromatic carbocycles. The zero-order valence-electron chi connectivity index (χ0n) is 20.4. The van der Waals surface area contributed by atoms with Gasteiger partial charge in [0.1, 0.15) is 11.6 Å². The molecule has 36 heavy (non-hydrogen) atoms. The third kappa shape index (κ3) is 6.86. The van der Waals surface area contributed by atoms with Gasteiger partial charge in [-0.3, -0.25) is 9.59 Å². The minimum Gasteiger partial charge on any atom is -0.493 e. The predicted octanol–water partition coefficient (Wildman–Crippen LogP) is 5.79. The van der Waals surface area contributed by atoms with Gasteiger partial charge in [0.15, 0.2) is 18.1 Å². The first-order valence-electron chi connectivity index (χ1n) is 11.1. The van der Waals surface area contributed by atoms with E-state index in [2.05, 4.69) is 33.2 Å². The van der Waals surface area contributed by atoms with E-state index in [-0.39, 0.29) is 18.1 Å². The molecule has 2 N–H and O–H groups in total. The number of carbonyl (C=O) groups is 2. The van der Waals surface area contributed by atoms with E-state index in [1.807, 2.05) is 63.2 Å². The number of halogens is 1. The molecule has 0 heterocycles. The van der Waals surface area contributed by atoms with Gasteiger partial charge in [-0.15, -0.1) is 0 Å². The number of rotatable bonds is 8. The zero-order valence-corrected chi connectivity index (χ0v) is 22.6. The number of methoxy groups -OCH3 is 1. The lowest BCUT2D eigenvalue weighted by atomic mass is 10.1. The van der Waals surface area contributed by atoms with Crippen molar-refractivity contribution in [1.82, 2.24) is 0 Å². The summed E-state index contributed by atoms with van der Waals surface area (Å²) in [5.74, 6) is -0.0365. The zero-order chi connectivity index (χ0) is 26.2. The Morgan fingerprint density at radius 1 is 1.00 bits per heavy atom. The quantitative estimate of drug-likeness (QED) is 0.195. The first-order chi connectivity index (χ1) is 17.2. The molecule has 0 unspecified atom stereocenters. The molecule has 0 aliphatic rings. The number of hydrogen-bond acceptors (Lipinski definition) is 5. The number of ether oxygens (including phenoxy) is 2. The van der Waals surface area contributed by atoms with Crippen molar-refractivity contribution in [3.05, 3.63) is 86.0 Å². The molecule has 2 amide bonds. The van der Waals surface area contributed by atoms with Gasteiger partial charge in [-0.1, -0.05) is 35.9 Å². The van der Waals surface area contributed by atoms with E-state index >= 15 is 0 Å². The lowest BCUT2D eigenvalue weighted by Crippen LogP contribution is -2.21. The lowest BCUT2D eigenvalue weighted by Gasteiger charge is -2.14. The van der Waals surface area contributed by atoms with Crippen molar-refractivity contribution in [2.75, 3.05) is 24.4 Å². The lowest BCUT2D eigenvalue weighted by molar-refractivity contribution is -0.118. The normalized spacial score (nSPS) is 10.8. The average molecular weight is 595 g/mol. The highest BCUT2D eigenvalue weighted by Crippen LogP contribution is 2.34. The summed E-state index contributed by atoms with van der Waals surface area (Å²) < 4.78 is 11.9. The Kier molecular flexibility index (Phi) is 9.08. The Morgan fingerprint density at radius 3 is 2.39 bits per heavy atom. The smallest absolute Gasteiger partial charge is 0.266 e. The van der Waals surface area contributed by atoms with Crippen molar-refractivity contribution in [1.29, 1.82) is 5.26 Å². The van der Waals surface area contributed by atoms with Crippen molar-refractivity contribution < 1.29 is 19.1 Å². The van der Waals surface area contributed by atoms with E-state index in [1.54, 1.807) is 18.2 Å². The number of nitrogens with zero attached hydrogens (tertiary/aromatic N) is 1. The average Bonchev–Trinajstić information content (AvgIpc) is 2.84. The molecular weight excluding hydrogens is 569 g/mol. The molecule has 0 spiro atoms. The van der Waals surface area contributed by atoms with E-state index in [0.29, 0.717) is 26.3 Å². The monoisotopic (exact) mass is 595 g/mol. The molecule has 8 heteroatoms. The van der Waals surface area contributed by atoms with E-state index in [0.717, 1.165) is 22.4 Å². The topological polar surface area (TPSA) is 100 Å². The number of carbonyl (C=O) groups excluding carboxylic acids is 2. The summed E-state index contributed by atoms with van der Waals surface area (Å²) in [6.07, 6.45) is 1.48. The molecule has 7 nitrogen and oxygen atoms in total. The van der Waals surface area contributed by atoms with Crippen LogP contribution in [-0.2, 0) is 9.59 Å². The van der Waals surface area contributed by atoms with E-state index < -0.39 is 5.91 Å². The SMILES string of the molecule is COc1cc(/C=C(/C#N)C(=O)Nc2ccccc2C)cc(I)c1OCC(=O)Nc1ccc(C)cc1C. The maximum absolute atomic E-state index is 12.7. The van der Waals surface area contributed by atoms with Crippen LogP contribution in [0.5, 0.6) is 11.5 Å². The van der Waals surface area contributed by atoms with Crippen LogP contribution >= 0.6 is 22.6 Å². The fraction of sp³-hybridized carbons (Fsp3) is 0.179. The van der Waals surface area contributed by atoms with E-state index in [1.165, 1.54) is 13.2 Å². The summed E-state index contributed by atoms with van der Waals surface area (Å²) in [7, 11) is 1.48. The molecule has 0 aliphatic carbocycles. The molecule has 0 saturated heterocycles. The Bertz CT molecular complexity index is 1380. The first-order valence-corrected chi connectivity index (χ1v) is 12.2. The second-order valence-electron chi connectivity index (χ2n) is 8.13. The second-order valence-corrected chi connectivity index (χ2v) is 9.29. The number of aryl methyl sites for hydroxylation is 3. The fourth-order valence-electron chi connectivity index (χ4n) is 3.46. The number of para-hydroxylation sites is 1. The first kappa shape index (κ1) is 26.8. The van der Waals surface area contributed by atoms with Crippen LogP contribution in [0.25, 0.3) is 6.08 Å². The number of nitriles is 1. The highest BCUT2D eigenvalue weighted by molar-refractivity contribution is 14.1. The molecule has 0 radical (unpaired) electrons. The van der Waals surface area contributed by atoms with Gasteiger partial charge in [-0.25, -0.2) is 0 Å². The van der Waals surface area contributed by atoms with Gasteiger partial charge in [-0.2, -0.15) is 5.26 Å². The van der Waals surface area contributed by atoms with Crippen LogP contribution in [0.2, 0.25) is 0 Å². The Hall–Kier alpha value is -3.84. The van der Waals surface area contributed by atoms with Gasteiger partial charge >= 0.3 is 0 Å². The standard InChI is InChI=1S/C28H26IN3O4/c1-17-9-10-24(19(3)11-17)31-26(33)16-36-27-22(29)13-20(14-25(27)35-4)12-21(15-30)28(34)32-23-8-6-5-7-18(23)2/h5-14H,16H2,1-4H3,(H,31,33)(H,32,34)/b21-12-. The molecule has 0 aromatic heterocycles. The van der Waals surface area contributed by atoms with Crippen molar-refractivity contribution in [2.24, 2.45) is 0 Å². The van der Waals surface area contributed by atoms with Crippen molar-refractivity contribution >= 4 is 51.9 Å². The molecule has 184 valence electrons. The summed E-state index contributed by atoms with van der Waals surface area (Å²) in [6.45, 7) is 5.58. The van der Waals surface area contributed by atoms with Crippen molar-refractivity contribution in [3.8, 4) is 17.6 Å². The van der Waals surface area contributed by atoms with Crippen LogP contribution in [0.1, 0.15) is 22.3 Å². The maximum Gasteiger partial charge on any atom is 0.266 e. The van der Waals surface area contributed by atoms with Gasteiger partial charge < -0.3 is 20.1 Å². The molecule has 0 saturated carbocycles. The summed E-state index contributed by atoms with van der Waals surface area (Å²) in [6, 6.07) is 18.5. The Morgan fingerprint density at radius 2 is 1.72 bits per heavy atom. The predicted molar refractivity (Wildman–Crippen MR) is 149 cm³/mol. The van der Waals surface area contributed by atoms with Crippen LogP contribution in [-0.4, -0.2) is 25.5 Å². The van der Waals surface area contributed by atoms with Gasteiger partial charge in [0.2, 0.25) is 0 Å². The number of amides is 2. The van der Waals surface area contributed by atoms with Crippen LogP contribution in [0.15, 0.2) is 60.2 Å². The summed E-state index contributed by atoms with van der Waals surface area (Å²) in [4.78, 5) is 25.1.